The molecule has 0 radical (unpaired) electrons. The summed E-state index contributed by atoms with van der Waals surface area (Å²) in [6.07, 6.45) is 6.90. The Labute approximate surface area is 154 Å². The number of nitrogens with zero attached hydrogens (tertiary/aromatic N) is 6. The molecule has 1 saturated carbocycles. The Morgan fingerprint density at radius 1 is 1.30 bits per heavy atom. The van der Waals surface area contributed by atoms with E-state index in [9.17, 15) is 0 Å². The van der Waals surface area contributed by atoms with E-state index in [4.69, 9.17) is 14.6 Å². The molecule has 4 rings (SSSR count). The van der Waals surface area contributed by atoms with Gasteiger partial charge < -0.3 is 20.9 Å². The summed E-state index contributed by atoms with van der Waals surface area (Å²) < 4.78 is 6.73. The van der Waals surface area contributed by atoms with Gasteiger partial charge in [-0.2, -0.15) is 9.67 Å². The van der Waals surface area contributed by atoms with Gasteiger partial charge in [0.25, 0.3) is 0 Å². The van der Waals surface area contributed by atoms with Gasteiger partial charge in [0, 0.05) is 12.1 Å². The second kappa shape index (κ2) is 8.25. The van der Waals surface area contributed by atoms with Crippen LogP contribution in [0, 0.1) is 0 Å². The zero-order chi connectivity index (χ0) is 19.2. The smallest absolute Gasteiger partial charge is 0.402 e. The highest BCUT2D eigenvalue weighted by Gasteiger charge is 2.17. The fraction of sp³-hybridized carbons (Fsp3) is 0.375. The van der Waals surface area contributed by atoms with Gasteiger partial charge in [-0.15, -0.1) is 5.10 Å². The fourth-order valence-corrected chi connectivity index (χ4v) is 2.84. The van der Waals surface area contributed by atoms with Crippen LogP contribution in [0.2, 0.25) is 0 Å². The zero-order valence-corrected chi connectivity index (χ0v) is 14.7. The Kier molecular flexibility index (Phi) is 5.59. The molecule has 3 aromatic heterocycles. The normalized spacial score (nSPS) is 13.8. The maximum atomic E-state index is 8.78. The molecule has 1 amide bonds. The third kappa shape index (κ3) is 4.57. The number of anilines is 1. The number of methoxy groups -OCH3 is 1. The van der Waals surface area contributed by atoms with Crippen molar-refractivity contribution in [2.75, 3.05) is 12.4 Å². The van der Waals surface area contributed by atoms with Crippen molar-refractivity contribution < 1.29 is 14.6 Å². The summed E-state index contributed by atoms with van der Waals surface area (Å²) in [5.74, 6) is 1.17. The Morgan fingerprint density at radius 3 is 2.67 bits per heavy atom. The molecular weight excluding hydrogens is 352 g/mol. The molecule has 1 fully saturated rings. The summed E-state index contributed by atoms with van der Waals surface area (Å²) in [4.78, 5) is 21.9. The van der Waals surface area contributed by atoms with Crippen molar-refractivity contribution in [1.82, 2.24) is 29.9 Å². The van der Waals surface area contributed by atoms with Gasteiger partial charge in [-0.3, -0.25) is 0 Å². The molecule has 142 valence electrons. The molecule has 4 N–H and O–H groups in total. The van der Waals surface area contributed by atoms with Crippen LogP contribution in [0.25, 0.3) is 16.9 Å². The van der Waals surface area contributed by atoms with Crippen molar-refractivity contribution in [3.05, 3.63) is 24.5 Å². The average Bonchev–Trinajstić information content (AvgIpc) is 3.31. The highest BCUT2D eigenvalue weighted by molar-refractivity contribution is 5.71. The van der Waals surface area contributed by atoms with Crippen LogP contribution in [0.3, 0.4) is 0 Å². The van der Waals surface area contributed by atoms with Gasteiger partial charge in [0.2, 0.25) is 11.8 Å². The molecule has 1 aliphatic carbocycles. The van der Waals surface area contributed by atoms with E-state index in [0.717, 1.165) is 5.69 Å². The van der Waals surface area contributed by atoms with Gasteiger partial charge in [0.05, 0.1) is 25.2 Å². The first-order valence-electron chi connectivity index (χ1n) is 8.40. The lowest BCUT2D eigenvalue weighted by Gasteiger charge is -2.11. The van der Waals surface area contributed by atoms with E-state index in [2.05, 4.69) is 36.3 Å². The summed E-state index contributed by atoms with van der Waals surface area (Å²) in [7, 11) is 1.58. The van der Waals surface area contributed by atoms with Crippen molar-refractivity contribution in [2.45, 2.75) is 31.7 Å². The van der Waals surface area contributed by atoms with E-state index in [0.29, 0.717) is 29.0 Å². The van der Waals surface area contributed by atoms with Gasteiger partial charge in [-0.05, 0) is 18.9 Å². The second-order valence-corrected chi connectivity index (χ2v) is 5.93. The molecule has 0 atom stereocenters. The number of nitrogens with one attached hydrogen (secondary N) is 1. The van der Waals surface area contributed by atoms with Crippen molar-refractivity contribution in [1.29, 1.82) is 0 Å². The van der Waals surface area contributed by atoms with Crippen LogP contribution in [0.1, 0.15) is 25.7 Å². The summed E-state index contributed by atoms with van der Waals surface area (Å²) >= 11 is 0. The van der Waals surface area contributed by atoms with Crippen molar-refractivity contribution in [3.63, 3.8) is 0 Å². The average molecular weight is 372 g/mol. The van der Waals surface area contributed by atoms with E-state index >= 15 is 0 Å². The molecule has 3 aromatic rings. The van der Waals surface area contributed by atoms with Crippen molar-refractivity contribution in [2.24, 2.45) is 5.73 Å². The number of ether oxygens (including phenoxy) is 1. The van der Waals surface area contributed by atoms with E-state index < -0.39 is 6.09 Å². The molecule has 0 unspecified atom stereocenters. The number of nitrogens with two attached hydrogens (primary N) is 1. The van der Waals surface area contributed by atoms with Crippen LogP contribution in [0.15, 0.2) is 24.5 Å². The van der Waals surface area contributed by atoms with Gasteiger partial charge in [-0.1, -0.05) is 18.1 Å². The fourth-order valence-electron chi connectivity index (χ4n) is 2.84. The Bertz CT molecular complexity index is 902. The predicted molar refractivity (Wildman–Crippen MR) is 96.9 cm³/mol. The Balaban J connectivity index is 0.000000481. The minimum atomic E-state index is -1.33. The van der Waals surface area contributed by atoms with E-state index in [1.54, 1.807) is 30.3 Å². The molecule has 11 heteroatoms. The maximum absolute atomic E-state index is 8.78. The van der Waals surface area contributed by atoms with Gasteiger partial charge in [0.1, 0.15) is 0 Å². The topological polar surface area (TPSA) is 154 Å². The lowest BCUT2D eigenvalue weighted by atomic mass is 10.2. The standard InChI is InChI=1S/C15H17N7O.CH3NO2/c1-23-13-7-6-11(8-16-13)22-14-12(20-21-22)9-17-15(19-14)18-10-4-2-3-5-10;2-1(3)4/h6-10H,2-5H2,1H3,(H,17,18,19);2H2,(H,3,4). The van der Waals surface area contributed by atoms with E-state index in [1.807, 2.05) is 6.07 Å². The number of primary amides is 1. The molecule has 0 spiro atoms. The van der Waals surface area contributed by atoms with E-state index in [1.165, 1.54) is 25.7 Å². The molecular formula is C16H20N8O3. The summed E-state index contributed by atoms with van der Waals surface area (Å²) in [6, 6.07) is 4.10. The number of rotatable bonds is 4. The number of carbonyl (C=O) groups is 1. The lowest BCUT2D eigenvalue weighted by Crippen LogP contribution is -2.16. The number of hydrogen-bond donors (Lipinski definition) is 3. The second-order valence-electron chi connectivity index (χ2n) is 5.93. The number of amides is 1. The first kappa shape index (κ1) is 18.3. The van der Waals surface area contributed by atoms with Crippen molar-refractivity contribution >= 4 is 23.2 Å². The maximum Gasteiger partial charge on any atom is 0.402 e. The summed E-state index contributed by atoms with van der Waals surface area (Å²) in [5.41, 5.74) is 6.11. The number of fused-ring (bicyclic) bond motifs is 1. The first-order chi connectivity index (χ1) is 13.1. The zero-order valence-electron chi connectivity index (χ0n) is 14.7. The number of aromatic nitrogens is 6. The monoisotopic (exact) mass is 372 g/mol. The SMILES string of the molecule is COc1ccc(-n2nnc3cnc(NC4CCCC4)nc32)cn1.NC(=O)O. The van der Waals surface area contributed by atoms with Gasteiger partial charge >= 0.3 is 6.09 Å². The lowest BCUT2D eigenvalue weighted by molar-refractivity contribution is 0.205. The summed E-state index contributed by atoms with van der Waals surface area (Å²) in [5, 5.41) is 18.8. The molecule has 27 heavy (non-hydrogen) atoms. The molecule has 0 aromatic carbocycles. The molecule has 0 bridgehead atoms. The van der Waals surface area contributed by atoms with Crippen LogP contribution in [0.4, 0.5) is 10.7 Å². The molecule has 0 saturated heterocycles. The highest BCUT2D eigenvalue weighted by atomic mass is 16.5. The molecule has 1 aliphatic rings. The molecule has 0 aliphatic heterocycles. The van der Waals surface area contributed by atoms with Crippen LogP contribution in [-0.2, 0) is 0 Å². The predicted octanol–water partition coefficient (Wildman–Crippen LogP) is 1.59. The van der Waals surface area contributed by atoms with Gasteiger partial charge in [-0.25, -0.2) is 14.8 Å². The number of pyridine rings is 1. The Morgan fingerprint density at radius 2 is 2.04 bits per heavy atom. The van der Waals surface area contributed by atoms with Crippen LogP contribution >= 0.6 is 0 Å². The third-order valence-corrected chi connectivity index (χ3v) is 4.06. The number of hydrogen-bond acceptors (Lipinski definition) is 8. The number of carboxylic acid groups (broad SMARTS) is 1. The van der Waals surface area contributed by atoms with Crippen LogP contribution in [0.5, 0.6) is 5.88 Å². The van der Waals surface area contributed by atoms with Crippen LogP contribution in [-0.4, -0.2) is 54.3 Å². The highest BCUT2D eigenvalue weighted by Crippen LogP contribution is 2.22. The summed E-state index contributed by atoms with van der Waals surface area (Å²) in [6.45, 7) is 0. The first-order valence-corrected chi connectivity index (χ1v) is 8.40. The quantitative estimate of drug-likeness (QED) is 0.619. The molecule has 11 nitrogen and oxygen atoms in total. The van der Waals surface area contributed by atoms with Crippen molar-refractivity contribution in [3.8, 4) is 11.6 Å². The van der Waals surface area contributed by atoms with Crippen LogP contribution < -0.4 is 15.8 Å². The van der Waals surface area contributed by atoms with Gasteiger partial charge in [0.15, 0.2) is 11.2 Å². The third-order valence-electron chi connectivity index (χ3n) is 4.06. The minimum absolute atomic E-state index is 0.458. The largest absolute Gasteiger partial charge is 0.481 e. The Hall–Kier alpha value is -3.50. The molecule has 3 heterocycles. The van der Waals surface area contributed by atoms with E-state index in [-0.39, 0.29) is 0 Å². The minimum Gasteiger partial charge on any atom is -0.481 e.